The number of hydrogen-bond acceptors (Lipinski definition) is 3. The van der Waals surface area contributed by atoms with Crippen LogP contribution >= 0.6 is 24.0 Å². The van der Waals surface area contributed by atoms with Crippen LogP contribution in [0.5, 0.6) is 0 Å². The minimum Gasteiger partial charge on any atom is -0.356 e. The van der Waals surface area contributed by atoms with Crippen molar-refractivity contribution < 1.29 is 0 Å². The van der Waals surface area contributed by atoms with Gasteiger partial charge in [-0.3, -0.25) is 9.89 Å². The molecule has 0 bridgehead atoms. The summed E-state index contributed by atoms with van der Waals surface area (Å²) >= 11 is 0. The van der Waals surface area contributed by atoms with Gasteiger partial charge in [-0.1, -0.05) is 12.2 Å². The fraction of sp³-hybridized carbons (Fsp3) is 0.684. The van der Waals surface area contributed by atoms with Crippen LogP contribution in [-0.4, -0.2) is 59.7 Å². The lowest BCUT2D eigenvalue weighted by atomic mass is 10.0. The van der Waals surface area contributed by atoms with E-state index in [2.05, 4.69) is 43.6 Å². The maximum atomic E-state index is 4.36. The van der Waals surface area contributed by atoms with Crippen molar-refractivity contribution in [3.8, 4) is 0 Å². The predicted octanol–water partition coefficient (Wildman–Crippen LogP) is 2.80. The van der Waals surface area contributed by atoms with Crippen LogP contribution in [0.2, 0.25) is 0 Å². The molecule has 1 aliphatic heterocycles. The van der Waals surface area contributed by atoms with Crippen LogP contribution < -0.4 is 10.6 Å². The van der Waals surface area contributed by atoms with Gasteiger partial charge in [0.1, 0.15) is 5.82 Å². The summed E-state index contributed by atoms with van der Waals surface area (Å²) in [4.78, 5) is 11.1. The minimum atomic E-state index is 0. The van der Waals surface area contributed by atoms with Crippen LogP contribution in [0.1, 0.15) is 38.4 Å². The molecule has 0 aromatic carbocycles. The Morgan fingerprint density at radius 3 is 2.65 bits per heavy atom. The van der Waals surface area contributed by atoms with Crippen molar-refractivity contribution in [1.82, 2.24) is 25.1 Å². The Balaban J connectivity index is 0.00000338. The Kier molecular flexibility index (Phi) is 10.9. The van der Waals surface area contributed by atoms with Gasteiger partial charge in [0, 0.05) is 58.2 Å². The molecular weight excluding hydrogens is 439 g/mol. The monoisotopic (exact) mass is 474 g/mol. The molecule has 2 heterocycles. The molecule has 1 aromatic heterocycles. The second-order valence-electron chi connectivity index (χ2n) is 7.03. The van der Waals surface area contributed by atoms with E-state index >= 15 is 0 Å². The molecule has 1 aliphatic rings. The highest BCUT2D eigenvalue weighted by Crippen LogP contribution is 2.11. The fourth-order valence-corrected chi connectivity index (χ4v) is 3.26. The topological polar surface area (TPSA) is 57.5 Å². The number of nitrogens with one attached hydrogen (secondary N) is 2. The molecule has 0 saturated carbocycles. The molecular formula is C19H35IN6. The van der Waals surface area contributed by atoms with Crippen LogP contribution in [0.3, 0.4) is 0 Å². The predicted molar refractivity (Wildman–Crippen MR) is 120 cm³/mol. The number of guanidine groups is 1. The Labute approximate surface area is 175 Å². The fourth-order valence-electron chi connectivity index (χ4n) is 3.26. The molecule has 148 valence electrons. The third kappa shape index (κ3) is 8.07. The Bertz CT molecular complexity index is 560. The quantitative estimate of drug-likeness (QED) is 0.200. The number of rotatable bonds is 8. The van der Waals surface area contributed by atoms with Gasteiger partial charge in [-0.05, 0) is 39.5 Å². The molecule has 1 fully saturated rings. The smallest absolute Gasteiger partial charge is 0.191 e. The summed E-state index contributed by atoms with van der Waals surface area (Å²) in [7, 11) is 1.85. The van der Waals surface area contributed by atoms with Crippen molar-refractivity contribution in [2.75, 3.05) is 33.2 Å². The largest absolute Gasteiger partial charge is 0.356 e. The molecule has 0 aliphatic carbocycles. The van der Waals surface area contributed by atoms with Crippen molar-refractivity contribution in [2.24, 2.45) is 4.99 Å². The van der Waals surface area contributed by atoms with Gasteiger partial charge in [-0.25, -0.2) is 4.98 Å². The lowest BCUT2D eigenvalue weighted by Crippen LogP contribution is -2.49. The van der Waals surface area contributed by atoms with E-state index < -0.39 is 0 Å². The van der Waals surface area contributed by atoms with Crippen LogP contribution in [0.25, 0.3) is 0 Å². The van der Waals surface area contributed by atoms with Gasteiger partial charge in [0.25, 0.3) is 0 Å². The number of hydrogen-bond donors (Lipinski definition) is 2. The summed E-state index contributed by atoms with van der Waals surface area (Å²) in [5, 5.41) is 7.01. The SMILES string of the molecule is C=C(C)CN1CCC(NC(=NC)NCCCCn2ccnc2C)CC1.I. The number of aryl methyl sites for hydroxylation is 2. The zero-order valence-electron chi connectivity index (χ0n) is 16.5. The zero-order chi connectivity index (χ0) is 18.1. The van der Waals surface area contributed by atoms with Crippen LogP contribution in [0.15, 0.2) is 29.5 Å². The van der Waals surface area contributed by atoms with E-state index in [-0.39, 0.29) is 24.0 Å². The van der Waals surface area contributed by atoms with E-state index in [1.807, 2.05) is 26.4 Å². The van der Waals surface area contributed by atoms with Crippen LogP contribution in [0.4, 0.5) is 0 Å². The minimum absolute atomic E-state index is 0. The maximum Gasteiger partial charge on any atom is 0.191 e. The molecule has 0 unspecified atom stereocenters. The van der Waals surface area contributed by atoms with E-state index in [0.29, 0.717) is 6.04 Å². The molecule has 0 amide bonds. The maximum absolute atomic E-state index is 4.36. The first-order valence-electron chi connectivity index (χ1n) is 9.40. The normalized spacial score (nSPS) is 16.2. The van der Waals surface area contributed by atoms with Gasteiger partial charge in [0.05, 0.1) is 0 Å². The number of piperidine rings is 1. The van der Waals surface area contributed by atoms with E-state index in [9.17, 15) is 0 Å². The molecule has 1 saturated heterocycles. The van der Waals surface area contributed by atoms with E-state index in [1.54, 1.807) is 0 Å². The van der Waals surface area contributed by atoms with Crippen molar-refractivity contribution in [1.29, 1.82) is 0 Å². The lowest BCUT2D eigenvalue weighted by molar-refractivity contribution is 0.221. The molecule has 2 N–H and O–H groups in total. The van der Waals surface area contributed by atoms with Crippen molar-refractivity contribution in [2.45, 2.75) is 52.1 Å². The average molecular weight is 474 g/mol. The van der Waals surface area contributed by atoms with E-state index in [1.165, 1.54) is 5.57 Å². The number of imidazole rings is 1. The molecule has 2 rings (SSSR count). The highest BCUT2D eigenvalue weighted by molar-refractivity contribution is 14.0. The first-order valence-corrected chi connectivity index (χ1v) is 9.40. The van der Waals surface area contributed by atoms with Gasteiger partial charge in [0.2, 0.25) is 0 Å². The zero-order valence-corrected chi connectivity index (χ0v) is 18.8. The second-order valence-corrected chi connectivity index (χ2v) is 7.03. The molecule has 0 radical (unpaired) electrons. The Morgan fingerprint density at radius 1 is 1.35 bits per heavy atom. The molecule has 1 aromatic rings. The average Bonchev–Trinajstić information content (AvgIpc) is 2.99. The summed E-state index contributed by atoms with van der Waals surface area (Å²) < 4.78 is 2.20. The van der Waals surface area contributed by atoms with E-state index in [0.717, 1.165) is 70.2 Å². The highest BCUT2D eigenvalue weighted by atomic mass is 127. The van der Waals surface area contributed by atoms with Gasteiger partial charge in [-0.2, -0.15) is 0 Å². The summed E-state index contributed by atoms with van der Waals surface area (Å²) in [6.45, 7) is 13.4. The number of halogens is 1. The van der Waals surface area contributed by atoms with Crippen molar-refractivity contribution >= 4 is 29.9 Å². The van der Waals surface area contributed by atoms with Crippen LogP contribution in [-0.2, 0) is 6.54 Å². The molecule has 6 nitrogen and oxygen atoms in total. The first kappa shape index (κ1) is 23.0. The van der Waals surface area contributed by atoms with Crippen molar-refractivity contribution in [3.63, 3.8) is 0 Å². The Morgan fingerprint density at radius 2 is 2.08 bits per heavy atom. The number of aliphatic imine (C=N–C) groups is 1. The molecule has 7 heteroatoms. The standard InChI is InChI=1S/C19H34N6.HI/c1-16(2)15-24-12-7-18(8-13-24)23-19(20-4)22-9-5-6-11-25-14-10-21-17(25)3;/h10,14,18H,1,5-9,11-13,15H2,2-4H3,(H2,20,22,23);1H. The third-order valence-electron chi connectivity index (χ3n) is 4.69. The summed E-state index contributed by atoms with van der Waals surface area (Å²) in [5.41, 5.74) is 1.25. The second kappa shape index (κ2) is 12.3. The number of aromatic nitrogens is 2. The Hall–Kier alpha value is -1.09. The number of nitrogens with zero attached hydrogens (tertiary/aromatic N) is 4. The van der Waals surface area contributed by atoms with Crippen molar-refractivity contribution in [3.05, 3.63) is 30.4 Å². The highest BCUT2D eigenvalue weighted by Gasteiger charge is 2.19. The number of likely N-dealkylation sites (tertiary alicyclic amines) is 1. The third-order valence-corrected chi connectivity index (χ3v) is 4.69. The lowest BCUT2D eigenvalue weighted by Gasteiger charge is -2.33. The van der Waals surface area contributed by atoms with E-state index in [4.69, 9.17) is 0 Å². The van der Waals surface area contributed by atoms with Gasteiger partial charge in [0.15, 0.2) is 5.96 Å². The first-order chi connectivity index (χ1) is 12.1. The number of unbranched alkanes of at least 4 members (excludes halogenated alkanes) is 1. The summed E-state index contributed by atoms with van der Waals surface area (Å²) in [6, 6.07) is 0.515. The molecule has 0 spiro atoms. The molecule has 0 atom stereocenters. The summed E-state index contributed by atoms with van der Waals surface area (Å²) in [6.07, 6.45) is 8.49. The van der Waals surface area contributed by atoms with Gasteiger partial charge >= 0.3 is 0 Å². The summed E-state index contributed by atoms with van der Waals surface area (Å²) in [5.74, 6) is 2.01. The van der Waals surface area contributed by atoms with Crippen LogP contribution in [0, 0.1) is 6.92 Å². The van der Waals surface area contributed by atoms with Gasteiger partial charge in [-0.15, -0.1) is 24.0 Å². The van der Waals surface area contributed by atoms with Gasteiger partial charge < -0.3 is 15.2 Å². The molecule has 26 heavy (non-hydrogen) atoms.